The SMILES string of the molecule is [CH2]CCCCCCCCCCC.[Ce]. The molecule has 13 heavy (non-hydrogen) atoms. The summed E-state index contributed by atoms with van der Waals surface area (Å²) in [5, 5.41) is 0. The Morgan fingerprint density at radius 3 is 1.46 bits per heavy atom. The van der Waals surface area contributed by atoms with Crippen molar-refractivity contribution < 1.29 is 41.7 Å². The molecule has 0 aliphatic heterocycles. The Morgan fingerprint density at radius 1 is 0.692 bits per heavy atom. The molecule has 0 aliphatic rings. The first kappa shape index (κ1) is 16.8. The Labute approximate surface area is 119 Å². The van der Waals surface area contributed by atoms with Gasteiger partial charge in [0.25, 0.3) is 0 Å². The van der Waals surface area contributed by atoms with Crippen LogP contribution < -0.4 is 0 Å². The van der Waals surface area contributed by atoms with Crippen LogP contribution in [0.2, 0.25) is 0 Å². The molecule has 0 rings (SSSR count). The van der Waals surface area contributed by atoms with Gasteiger partial charge in [-0.05, 0) is 0 Å². The van der Waals surface area contributed by atoms with Crippen LogP contribution in [0.4, 0.5) is 0 Å². The van der Waals surface area contributed by atoms with Crippen LogP contribution in [0.3, 0.4) is 0 Å². The van der Waals surface area contributed by atoms with E-state index in [0.29, 0.717) is 0 Å². The Bertz CT molecular complexity index is 61.5. The van der Waals surface area contributed by atoms with E-state index in [2.05, 4.69) is 13.8 Å². The Kier molecular flexibility index (Phi) is 20.5. The van der Waals surface area contributed by atoms with Gasteiger partial charge in [-0.2, -0.15) is 0 Å². The molecule has 0 aromatic carbocycles. The first-order chi connectivity index (χ1) is 5.91. The molecule has 0 heterocycles. The summed E-state index contributed by atoms with van der Waals surface area (Å²) < 4.78 is 0. The molecular weight excluding hydrogens is 284 g/mol. The van der Waals surface area contributed by atoms with Crippen LogP contribution in [0.1, 0.15) is 71.1 Å². The van der Waals surface area contributed by atoms with Crippen molar-refractivity contribution in [1.82, 2.24) is 0 Å². The fourth-order valence-electron chi connectivity index (χ4n) is 1.49. The van der Waals surface area contributed by atoms with Crippen LogP contribution in [-0.2, 0) is 0 Å². The molecule has 0 saturated heterocycles. The van der Waals surface area contributed by atoms with E-state index in [0.717, 1.165) is 6.42 Å². The van der Waals surface area contributed by atoms with Gasteiger partial charge >= 0.3 is 0 Å². The first-order valence-corrected chi connectivity index (χ1v) is 5.71. The Balaban J connectivity index is 0. The molecule has 0 amide bonds. The van der Waals surface area contributed by atoms with E-state index in [-0.39, 0.29) is 41.7 Å². The number of rotatable bonds is 9. The van der Waals surface area contributed by atoms with E-state index < -0.39 is 0 Å². The molecule has 0 fully saturated rings. The summed E-state index contributed by atoms with van der Waals surface area (Å²) in [5.41, 5.74) is 0. The van der Waals surface area contributed by atoms with E-state index >= 15 is 0 Å². The molecule has 1 heteroatoms. The maximum Gasteiger partial charge on any atom is 0 e. The summed E-state index contributed by atoms with van der Waals surface area (Å²) in [6.45, 7) is 6.12. The van der Waals surface area contributed by atoms with Crippen molar-refractivity contribution in [3.63, 3.8) is 0 Å². The van der Waals surface area contributed by atoms with Crippen molar-refractivity contribution in [2.45, 2.75) is 71.1 Å². The van der Waals surface area contributed by atoms with Gasteiger partial charge in [0.15, 0.2) is 0 Å². The third-order valence-corrected chi connectivity index (χ3v) is 2.35. The summed E-state index contributed by atoms with van der Waals surface area (Å²) in [4.78, 5) is 0. The average molecular weight is 309 g/mol. The molecule has 0 aliphatic carbocycles. The van der Waals surface area contributed by atoms with Gasteiger partial charge in [0.1, 0.15) is 0 Å². The fraction of sp³-hybridized carbons (Fsp3) is 0.917. The minimum atomic E-state index is 0. The first-order valence-electron chi connectivity index (χ1n) is 5.71. The van der Waals surface area contributed by atoms with Gasteiger partial charge < -0.3 is 0 Å². The number of unbranched alkanes of at least 4 members (excludes halogenated alkanes) is 9. The monoisotopic (exact) mass is 309 g/mol. The maximum atomic E-state index is 3.84. The standard InChI is InChI=1S/C12H25.Ce/c1-3-5-7-9-11-12-10-8-6-4-2;/h1,3-12H2,2H3;. The van der Waals surface area contributed by atoms with E-state index in [9.17, 15) is 0 Å². The molecule has 0 unspecified atom stereocenters. The van der Waals surface area contributed by atoms with Crippen molar-refractivity contribution >= 4 is 0 Å². The van der Waals surface area contributed by atoms with Gasteiger partial charge in [0.2, 0.25) is 0 Å². The smallest absolute Gasteiger partial charge is 0 e. The van der Waals surface area contributed by atoms with E-state index in [1.54, 1.807) is 0 Å². The zero-order valence-corrected chi connectivity index (χ0v) is 12.4. The number of hydrogen-bond donors (Lipinski definition) is 0. The van der Waals surface area contributed by atoms with Crippen LogP contribution in [0.5, 0.6) is 0 Å². The van der Waals surface area contributed by atoms with Gasteiger partial charge in [-0.1, -0.05) is 78.1 Å². The quantitative estimate of drug-likeness (QED) is 0.540. The van der Waals surface area contributed by atoms with Crippen LogP contribution in [0.15, 0.2) is 0 Å². The molecule has 0 aromatic heterocycles. The second-order valence-electron chi connectivity index (χ2n) is 3.68. The second-order valence-corrected chi connectivity index (χ2v) is 3.68. The van der Waals surface area contributed by atoms with Gasteiger partial charge in [0, 0.05) is 41.7 Å². The molecule has 0 atom stereocenters. The second kappa shape index (κ2) is 15.8. The van der Waals surface area contributed by atoms with Gasteiger partial charge in [-0.15, -0.1) is 0 Å². The summed E-state index contributed by atoms with van der Waals surface area (Å²) in [5.74, 6) is 0. The third-order valence-electron chi connectivity index (χ3n) is 2.35. The fourth-order valence-corrected chi connectivity index (χ4v) is 1.49. The van der Waals surface area contributed by atoms with E-state index in [1.165, 1.54) is 57.8 Å². The van der Waals surface area contributed by atoms with Crippen molar-refractivity contribution in [3.05, 3.63) is 6.92 Å². The molecule has 1 radical (unpaired) electrons. The predicted octanol–water partition coefficient (Wildman–Crippen LogP) is 4.74. The average Bonchev–Trinajstić information content (AvgIpc) is 2.10. The molecule has 77 valence electrons. The predicted molar refractivity (Wildman–Crippen MR) is 57.2 cm³/mol. The zero-order valence-electron chi connectivity index (χ0n) is 9.28. The summed E-state index contributed by atoms with van der Waals surface area (Å²) in [7, 11) is 0. The minimum absolute atomic E-state index is 0. The molecular formula is C12H25Ce. The van der Waals surface area contributed by atoms with Crippen LogP contribution in [-0.4, -0.2) is 0 Å². The topological polar surface area (TPSA) is 0 Å². The van der Waals surface area contributed by atoms with Crippen molar-refractivity contribution in [3.8, 4) is 0 Å². The Hall–Kier alpha value is 1.38. The maximum absolute atomic E-state index is 3.84. The summed E-state index contributed by atoms with van der Waals surface area (Å²) in [6.07, 6.45) is 13.9. The largest absolute Gasteiger partial charge is 0.0654 e. The zero-order chi connectivity index (χ0) is 9.07. The number of hydrogen-bond acceptors (Lipinski definition) is 0. The van der Waals surface area contributed by atoms with Gasteiger partial charge in [-0.3, -0.25) is 0 Å². The van der Waals surface area contributed by atoms with E-state index in [1.807, 2.05) is 0 Å². The van der Waals surface area contributed by atoms with E-state index in [4.69, 9.17) is 0 Å². The van der Waals surface area contributed by atoms with Gasteiger partial charge in [0.05, 0.1) is 0 Å². The normalized spacial score (nSPS) is 9.69. The van der Waals surface area contributed by atoms with Crippen LogP contribution in [0.25, 0.3) is 0 Å². The van der Waals surface area contributed by atoms with Gasteiger partial charge in [-0.25, -0.2) is 0 Å². The summed E-state index contributed by atoms with van der Waals surface area (Å²) in [6, 6.07) is 0. The molecule has 0 aromatic rings. The minimum Gasteiger partial charge on any atom is -0.0654 e. The molecule has 0 N–H and O–H groups in total. The van der Waals surface area contributed by atoms with Crippen molar-refractivity contribution in [2.75, 3.05) is 0 Å². The van der Waals surface area contributed by atoms with Crippen LogP contribution >= 0.6 is 0 Å². The molecule has 0 spiro atoms. The molecule has 0 saturated carbocycles. The summed E-state index contributed by atoms with van der Waals surface area (Å²) >= 11 is 0. The van der Waals surface area contributed by atoms with Crippen LogP contribution in [0, 0.1) is 48.7 Å². The molecule has 0 bridgehead atoms. The Morgan fingerprint density at radius 2 is 1.08 bits per heavy atom. The molecule has 0 nitrogen and oxygen atoms in total. The van der Waals surface area contributed by atoms with Crippen molar-refractivity contribution in [1.29, 1.82) is 0 Å². The third kappa shape index (κ3) is 16.1. The van der Waals surface area contributed by atoms with Crippen molar-refractivity contribution in [2.24, 2.45) is 0 Å².